The number of nitrogens with one attached hydrogen (secondary N) is 2. The van der Waals surface area contributed by atoms with Crippen molar-refractivity contribution in [3.05, 3.63) is 54.1 Å². The summed E-state index contributed by atoms with van der Waals surface area (Å²) >= 11 is 5.33. The van der Waals surface area contributed by atoms with Crippen LogP contribution in [-0.2, 0) is 6.42 Å². The summed E-state index contributed by atoms with van der Waals surface area (Å²) < 4.78 is 5.28. The molecule has 3 nitrogen and oxygen atoms in total. The Balaban J connectivity index is 2.05. The van der Waals surface area contributed by atoms with Gasteiger partial charge in [0, 0.05) is 5.69 Å². The lowest BCUT2D eigenvalue weighted by molar-refractivity contribution is 0.417. The molecule has 2 aromatic carbocycles. The molecule has 2 N–H and O–H groups in total. The van der Waals surface area contributed by atoms with E-state index in [0.717, 1.165) is 23.5 Å². The monoisotopic (exact) mass is 286 g/mol. The van der Waals surface area contributed by atoms with Gasteiger partial charge in [-0.25, -0.2) is 0 Å². The predicted octanol–water partition coefficient (Wildman–Crippen LogP) is 4.07. The molecule has 0 heterocycles. The summed E-state index contributed by atoms with van der Waals surface area (Å²) in [6.45, 7) is 2.13. The molecule has 0 aliphatic carbocycles. The Hall–Kier alpha value is -2.07. The number of hydrogen-bond donors (Lipinski definition) is 2. The second-order valence-corrected chi connectivity index (χ2v) is 4.74. The average Bonchev–Trinajstić information content (AvgIpc) is 2.48. The van der Waals surface area contributed by atoms with Crippen LogP contribution in [0.2, 0.25) is 0 Å². The largest absolute Gasteiger partial charge is 0.495 e. The third-order valence-corrected chi connectivity index (χ3v) is 3.15. The number of ether oxygens (including phenoxy) is 1. The van der Waals surface area contributed by atoms with Crippen LogP contribution in [0.5, 0.6) is 5.75 Å². The zero-order valence-electron chi connectivity index (χ0n) is 11.6. The van der Waals surface area contributed by atoms with Crippen molar-refractivity contribution in [2.75, 3.05) is 17.7 Å². The molecule has 4 heteroatoms. The number of para-hydroxylation sites is 2. The third kappa shape index (κ3) is 3.71. The molecule has 0 unspecified atom stereocenters. The Labute approximate surface area is 125 Å². The van der Waals surface area contributed by atoms with Crippen molar-refractivity contribution < 1.29 is 4.74 Å². The summed E-state index contributed by atoms with van der Waals surface area (Å²) in [5.74, 6) is 0.763. The van der Waals surface area contributed by atoms with Gasteiger partial charge in [-0.15, -0.1) is 0 Å². The van der Waals surface area contributed by atoms with Gasteiger partial charge in [0.25, 0.3) is 0 Å². The van der Waals surface area contributed by atoms with Crippen LogP contribution in [0.25, 0.3) is 0 Å². The average molecular weight is 286 g/mol. The van der Waals surface area contributed by atoms with Gasteiger partial charge in [-0.1, -0.05) is 31.2 Å². The maximum atomic E-state index is 5.33. The van der Waals surface area contributed by atoms with Crippen LogP contribution < -0.4 is 15.4 Å². The first-order valence-corrected chi connectivity index (χ1v) is 6.93. The van der Waals surface area contributed by atoms with E-state index in [1.807, 2.05) is 36.4 Å². The minimum Gasteiger partial charge on any atom is -0.495 e. The molecule has 2 aromatic rings. The first-order chi connectivity index (χ1) is 9.72. The van der Waals surface area contributed by atoms with Crippen molar-refractivity contribution in [1.82, 2.24) is 0 Å². The normalized spacial score (nSPS) is 9.90. The SMILES string of the molecule is CCc1cccc(NC(=S)Nc2ccccc2OC)c1. The molecule has 20 heavy (non-hydrogen) atoms. The maximum absolute atomic E-state index is 5.33. The van der Waals surface area contributed by atoms with Crippen molar-refractivity contribution in [3.8, 4) is 5.75 Å². The Morgan fingerprint density at radius 1 is 1.10 bits per heavy atom. The van der Waals surface area contributed by atoms with Crippen LogP contribution in [0.1, 0.15) is 12.5 Å². The molecule has 0 fully saturated rings. The first kappa shape index (κ1) is 14.3. The molecule has 0 spiro atoms. The number of hydrogen-bond acceptors (Lipinski definition) is 2. The molecule has 0 bridgehead atoms. The number of benzene rings is 2. The van der Waals surface area contributed by atoms with E-state index in [9.17, 15) is 0 Å². The first-order valence-electron chi connectivity index (χ1n) is 6.53. The van der Waals surface area contributed by atoms with Crippen LogP contribution in [0, 0.1) is 0 Å². The molecule has 0 saturated heterocycles. The molecule has 2 rings (SSSR count). The highest BCUT2D eigenvalue weighted by molar-refractivity contribution is 7.80. The predicted molar refractivity (Wildman–Crippen MR) is 88.7 cm³/mol. The second kappa shape index (κ2) is 6.91. The van der Waals surface area contributed by atoms with Crippen molar-refractivity contribution in [1.29, 1.82) is 0 Å². The zero-order chi connectivity index (χ0) is 14.4. The standard InChI is InChI=1S/C16H18N2OS/c1-3-12-7-6-8-13(11-12)17-16(20)18-14-9-4-5-10-15(14)19-2/h4-11H,3H2,1-2H3,(H2,17,18,20). The molecule has 104 valence electrons. The summed E-state index contributed by atoms with van der Waals surface area (Å²) in [6.07, 6.45) is 1.00. The fourth-order valence-electron chi connectivity index (χ4n) is 1.90. The molecule has 0 amide bonds. The Morgan fingerprint density at radius 3 is 2.65 bits per heavy atom. The van der Waals surface area contributed by atoms with Gasteiger partial charge in [0.15, 0.2) is 5.11 Å². The molecule has 0 aromatic heterocycles. The Morgan fingerprint density at radius 2 is 1.90 bits per heavy atom. The van der Waals surface area contributed by atoms with Crippen molar-refractivity contribution in [2.45, 2.75) is 13.3 Å². The van der Waals surface area contributed by atoms with Gasteiger partial charge in [-0.05, 0) is 48.5 Å². The minimum absolute atomic E-state index is 0.544. The van der Waals surface area contributed by atoms with Gasteiger partial charge in [0.2, 0.25) is 0 Å². The molecule has 0 atom stereocenters. The van der Waals surface area contributed by atoms with Gasteiger partial charge in [-0.3, -0.25) is 0 Å². The lowest BCUT2D eigenvalue weighted by Gasteiger charge is -2.13. The quantitative estimate of drug-likeness (QED) is 0.830. The molecule has 0 radical (unpaired) electrons. The van der Waals surface area contributed by atoms with Crippen molar-refractivity contribution in [3.63, 3.8) is 0 Å². The van der Waals surface area contributed by atoms with Crippen molar-refractivity contribution >= 4 is 28.7 Å². The Bertz CT molecular complexity index is 599. The van der Waals surface area contributed by atoms with E-state index in [4.69, 9.17) is 17.0 Å². The van der Waals surface area contributed by atoms with E-state index >= 15 is 0 Å². The van der Waals surface area contributed by atoms with E-state index < -0.39 is 0 Å². The highest BCUT2D eigenvalue weighted by Gasteiger charge is 2.04. The third-order valence-electron chi connectivity index (χ3n) is 2.95. The number of anilines is 2. The molecule has 0 aliphatic heterocycles. The van der Waals surface area contributed by atoms with E-state index in [-0.39, 0.29) is 0 Å². The summed E-state index contributed by atoms with van der Waals surface area (Å²) in [4.78, 5) is 0. The maximum Gasteiger partial charge on any atom is 0.175 e. The lowest BCUT2D eigenvalue weighted by Crippen LogP contribution is -2.19. The second-order valence-electron chi connectivity index (χ2n) is 4.33. The molecular weight excluding hydrogens is 268 g/mol. The summed E-state index contributed by atoms with van der Waals surface area (Å²) in [5, 5.41) is 6.87. The van der Waals surface area contributed by atoms with E-state index in [0.29, 0.717) is 5.11 Å². The summed E-state index contributed by atoms with van der Waals surface area (Å²) in [7, 11) is 1.64. The highest BCUT2D eigenvalue weighted by atomic mass is 32.1. The van der Waals surface area contributed by atoms with Crippen molar-refractivity contribution in [2.24, 2.45) is 0 Å². The van der Waals surface area contributed by atoms with Gasteiger partial charge in [0.1, 0.15) is 5.75 Å². The fourth-order valence-corrected chi connectivity index (χ4v) is 2.13. The molecule has 0 aliphatic rings. The minimum atomic E-state index is 0.544. The van der Waals surface area contributed by atoms with Crippen LogP contribution in [0.3, 0.4) is 0 Å². The van der Waals surface area contributed by atoms with Crippen LogP contribution >= 0.6 is 12.2 Å². The summed E-state index contributed by atoms with van der Waals surface area (Å²) in [6, 6.07) is 15.9. The van der Waals surface area contributed by atoms with Crippen LogP contribution in [0.4, 0.5) is 11.4 Å². The van der Waals surface area contributed by atoms with E-state index in [2.05, 4.69) is 29.7 Å². The van der Waals surface area contributed by atoms with Gasteiger partial charge in [0.05, 0.1) is 12.8 Å². The molecule has 0 saturated carbocycles. The van der Waals surface area contributed by atoms with Gasteiger partial charge >= 0.3 is 0 Å². The topological polar surface area (TPSA) is 33.3 Å². The zero-order valence-corrected chi connectivity index (χ0v) is 12.5. The van der Waals surface area contributed by atoms with Crippen LogP contribution in [-0.4, -0.2) is 12.2 Å². The number of thiocarbonyl (C=S) groups is 1. The number of aryl methyl sites for hydroxylation is 1. The number of methoxy groups -OCH3 is 1. The Kier molecular flexibility index (Phi) is 4.96. The smallest absolute Gasteiger partial charge is 0.175 e. The van der Waals surface area contributed by atoms with Gasteiger partial charge < -0.3 is 15.4 Å². The highest BCUT2D eigenvalue weighted by Crippen LogP contribution is 2.23. The number of rotatable bonds is 4. The van der Waals surface area contributed by atoms with E-state index in [1.165, 1.54) is 5.56 Å². The van der Waals surface area contributed by atoms with E-state index in [1.54, 1.807) is 7.11 Å². The molecular formula is C16H18N2OS. The van der Waals surface area contributed by atoms with Crippen LogP contribution in [0.15, 0.2) is 48.5 Å². The van der Waals surface area contributed by atoms with Gasteiger partial charge in [-0.2, -0.15) is 0 Å². The lowest BCUT2D eigenvalue weighted by atomic mass is 10.1. The fraction of sp³-hybridized carbons (Fsp3) is 0.188. The summed E-state index contributed by atoms with van der Waals surface area (Å²) in [5.41, 5.74) is 3.10.